The molecule has 102 valence electrons. The van der Waals surface area contributed by atoms with Gasteiger partial charge in [-0.3, -0.25) is 4.72 Å². The monoisotopic (exact) mass is 301 g/mol. The molecule has 0 radical (unpaired) electrons. The van der Waals surface area contributed by atoms with E-state index < -0.39 is 10.0 Å². The van der Waals surface area contributed by atoms with Gasteiger partial charge in [0, 0.05) is 13.1 Å². The van der Waals surface area contributed by atoms with Crippen LogP contribution in [-0.2, 0) is 17.1 Å². The van der Waals surface area contributed by atoms with E-state index in [1.54, 1.807) is 31.3 Å². The van der Waals surface area contributed by atoms with Crippen molar-refractivity contribution in [2.24, 2.45) is 7.05 Å². The highest BCUT2D eigenvalue weighted by Crippen LogP contribution is 2.23. The van der Waals surface area contributed by atoms with Crippen LogP contribution >= 0.6 is 11.6 Å². The summed E-state index contributed by atoms with van der Waals surface area (Å²) in [5, 5.41) is -0.158. The van der Waals surface area contributed by atoms with Gasteiger partial charge >= 0.3 is 0 Å². The molecule has 1 heterocycles. The Kier molecular flexibility index (Phi) is 3.68. The molecular weight excluding hydrogens is 290 g/mol. The van der Waals surface area contributed by atoms with Crippen LogP contribution in [0.15, 0.2) is 35.6 Å². The summed E-state index contributed by atoms with van der Waals surface area (Å²) >= 11 is 5.87. The highest BCUT2D eigenvalue weighted by atomic mass is 35.5. The lowest BCUT2D eigenvalue weighted by Crippen LogP contribution is -2.14. The van der Waals surface area contributed by atoms with Crippen LogP contribution in [0.4, 0.5) is 5.69 Å². The van der Waals surface area contributed by atoms with Gasteiger partial charge in [-0.25, -0.2) is 4.98 Å². The first-order valence-corrected chi connectivity index (χ1v) is 7.14. The number of anilines is 1. The second-order valence-electron chi connectivity index (χ2n) is 3.79. The molecule has 0 saturated heterocycles. The van der Waals surface area contributed by atoms with Crippen LogP contribution in [0.1, 0.15) is 0 Å². The number of hydrogen-bond donors (Lipinski definition) is 1. The largest absolute Gasteiger partial charge is 0.497 e. The van der Waals surface area contributed by atoms with Crippen LogP contribution in [0.2, 0.25) is 5.15 Å². The molecule has 1 aromatic carbocycles. The van der Waals surface area contributed by atoms with E-state index >= 15 is 0 Å². The zero-order valence-corrected chi connectivity index (χ0v) is 11.9. The molecule has 0 fully saturated rings. The molecule has 1 aromatic heterocycles. The Labute approximate surface area is 116 Å². The molecule has 0 aliphatic rings. The summed E-state index contributed by atoms with van der Waals surface area (Å²) < 4.78 is 33.1. The summed E-state index contributed by atoms with van der Waals surface area (Å²) in [4.78, 5) is 3.78. The topological polar surface area (TPSA) is 73.2 Å². The van der Waals surface area contributed by atoms with Crippen molar-refractivity contribution in [2.45, 2.75) is 5.03 Å². The summed E-state index contributed by atoms with van der Waals surface area (Å²) in [6.07, 6.45) is 1.34. The van der Waals surface area contributed by atoms with Gasteiger partial charge in [-0.2, -0.15) is 8.42 Å². The van der Waals surface area contributed by atoms with E-state index in [1.807, 2.05) is 0 Å². The molecule has 0 atom stereocenters. The zero-order chi connectivity index (χ0) is 14.0. The number of benzene rings is 1. The lowest BCUT2D eigenvalue weighted by atomic mass is 10.3. The molecule has 6 nitrogen and oxygen atoms in total. The van der Waals surface area contributed by atoms with E-state index in [2.05, 4.69) is 9.71 Å². The van der Waals surface area contributed by atoms with Crippen molar-refractivity contribution in [1.29, 1.82) is 0 Å². The Bertz CT molecular complexity index is 697. The predicted octanol–water partition coefficient (Wildman–Crippen LogP) is 1.88. The molecule has 0 amide bonds. The number of sulfonamides is 1. The smallest absolute Gasteiger partial charge is 0.282 e. The molecule has 0 aliphatic heterocycles. The molecule has 1 N–H and O–H groups in total. The minimum Gasteiger partial charge on any atom is -0.497 e. The van der Waals surface area contributed by atoms with E-state index in [1.165, 1.54) is 18.0 Å². The highest BCUT2D eigenvalue weighted by Gasteiger charge is 2.22. The van der Waals surface area contributed by atoms with Gasteiger partial charge < -0.3 is 9.30 Å². The van der Waals surface area contributed by atoms with Gasteiger partial charge in [0.15, 0.2) is 0 Å². The average Bonchev–Trinajstić information content (AvgIpc) is 2.70. The zero-order valence-electron chi connectivity index (χ0n) is 10.3. The van der Waals surface area contributed by atoms with E-state index in [-0.39, 0.29) is 10.2 Å². The lowest BCUT2D eigenvalue weighted by molar-refractivity contribution is 0.415. The summed E-state index contributed by atoms with van der Waals surface area (Å²) in [5.74, 6) is 0.548. The number of hydrogen-bond acceptors (Lipinski definition) is 4. The Morgan fingerprint density at radius 3 is 2.74 bits per heavy atom. The van der Waals surface area contributed by atoms with Gasteiger partial charge in [-0.05, 0) is 12.1 Å². The van der Waals surface area contributed by atoms with E-state index in [9.17, 15) is 8.42 Å². The first kappa shape index (κ1) is 13.7. The molecular formula is C11H12ClN3O3S. The van der Waals surface area contributed by atoms with Crippen LogP contribution in [0.3, 0.4) is 0 Å². The SMILES string of the molecule is COc1cccc(NS(=O)(=O)c2ncn(C)c2Cl)c1. The summed E-state index contributed by atoms with van der Waals surface area (Å²) in [5.41, 5.74) is 0.376. The maximum atomic E-state index is 12.1. The van der Waals surface area contributed by atoms with Crippen molar-refractivity contribution in [2.75, 3.05) is 11.8 Å². The van der Waals surface area contributed by atoms with Crippen LogP contribution in [-0.4, -0.2) is 25.1 Å². The van der Waals surface area contributed by atoms with E-state index in [4.69, 9.17) is 16.3 Å². The second kappa shape index (κ2) is 5.10. The second-order valence-corrected chi connectivity index (χ2v) is 5.74. The van der Waals surface area contributed by atoms with Crippen molar-refractivity contribution in [1.82, 2.24) is 9.55 Å². The first-order chi connectivity index (χ1) is 8.94. The van der Waals surface area contributed by atoms with Crippen LogP contribution in [0.25, 0.3) is 0 Å². The molecule has 2 rings (SSSR count). The van der Waals surface area contributed by atoms with Gasteiger partial charge in [0.25, 0.3) is 10.0 Å². The first-order valence-electron chi connectivity index (χ1n) is 5.28. The van der Waals surface area contributed by atoms with Gasteiger partial charge in [0.2, 0.25) is 5.03 Å². The van der Waals surface area contributed by atoms with Crippen LogP contribution < -0.4 is 9.46 Å². The fourth-order valence-electron chi connectivity index (χ4n) is 1.46. The number of nitrogens with zero attached hydrogens (tertiary/aromatic N) is 2. The normalized spacial score (nSPS) is 11.3. The number of aryl methyl sites for hydroxylation is 1. The highest BCUT2D eigenvalue weighted by molar-refractivity contribution is 7.92. The van der Waals surface area contributed by atoms with E-state index in [0.717, 1.165) is 0 Å². The molecule has 8 heteroatoms. The summed E-state index contributed by atoms with van der Waals surface area (Å²) in [6, 6.07) is 6.56. The van der Waals surface area contributed by atoms with Crippen LogP contribution in [0.5, 0.6) is 5.75 Å². The number of methoxy groups -OCH3 is 1. The minimum atomic E-state index is -3.82. The maximum absolute atomic E-state index is 12.1. The molecule has 0 bridgehead atoms. The molecule has 2 aromatic rings. The summed E-state index contributed by atoms with van der Waals surface area (Å²) in [6.45, 7) is 0. The molecule has 0 spiro atoms. The molecule has 19 heavy (non-hydrogen) atoms. The Morgan fingerprint density at radius 2 is 2.16 bits per heavy atom. The number of halogens is 1. The number of nitrogens with one attached hydrogen (secondary N) is 1. The third-order valence-electron chi connectivity index (χ3n) is 2.41. The number of rotatable bonds is 4. The Hall–Kier alpha value is -1.73. The minimum absolute atomic E-state index is 0.0513. The quantitative estimate of drug-likeness (QED) is 0.936. The fourth-order valence-corrected chi connectivity index (χ4v) is 2.95. The van der Waals surface area contributed by atoms with Gasteiger partial charge in [0.05, 0.1) is 19.1 Å². The average molecular weight is 302 g/mol. The number of ether oxygens (including phenoxy) is 1. The number of imidazole rings is 1. The van der Waals surface area contributed by atoms with Crippen molar-refractivity contribution < 1.29 is 13.2 Å². The molecule has 0 unspecified atom stereocenters. The van der Waals surface area contributed by atoms with Crippen molar-refractivity contribution in [3.05, 3.63) is 35.7 Å². The lowest BCUT2D eigenvalue weighted by Gasteiger charge is -2.07. The fraction of sp³-hybridized carbons (Fsp3) is 0.182. The Morgan fingerprint density at radius 1 is 1.42 bits per heavy atom. The van der Waals surface area contributed by atoms with Crippen molar-refractivity contribution in [3.8, 4) is 5.75 Å². The van der Waals surface area contributed by atoms with Gasteiger partial charge in [-0.15, -0.1) is 0 Å². The van der Waals surface area contributed by atoms with Gasteiger partial charge in [-0.1, -0.05) is 17.7 Å². The summed E-state index contributed by atoms with van der Waals surface area (Å²) in [7, 11) is -0.703. The standard InChI is InChI=1S/C11H12ClN3O3S/c1-15-7-13-11(10(15)12)19(16,17)14-8-4-3-5-9(6-8)18-2/h3-7,14H,1-2H3. The van der Waals surface area contributed by atoms with Crippen molar-refractivity contribution in [3.63, 3.8) is 0 Å². The molecule has 0 aliphatic carbocycles. The third kappa shape index (κ3) is 2.82. The predicted molar refractivity (Wildman–Crippen MR) is 72.0 cm³/mol. The van der Waals surface area contributed by atoms with Crippen molar-refractivity contribution >= 4 is 27.3 Å². The third-order valence-corrected chi connectivity index (χ3v) is 4.28. The Balaban J connectivity index is 2.33. The van der Waals surface area contributed by atoms with Crippen LogP contribution in [0, 0.1) is 0 Å². The van der Waals surface area contributed by atoms with Gasteiger partial charge in [0.1, 0.15) is 10.9 Å². The number of aromatic nitrogens is 2. The van der Waals surface area contributed by atoms with E-state index in [0.29, 0.717) is 11.4 Å². The maximum Gasteiger partial charge on any atom is 0.282 e. The molecule has 0 saturated carbocycles.